The Morgan fingerprint density at radius 2 is 2.00 bits per heavy atom. The van der Waals surface area contributed by atoms with Gasteiger partial charge in [0.25, 0.3) is 5.91 Å². The number of carbonyl (C=O) groups is 1. The molecule has 1 heterocycles. The van der Waals surface area contributed by atoms with Gasteiger partial charge in [0.15, 0.2) is 5.69 Å². The molecule has 0 spiro atoms. The van der Waals surface area contributed by atoms with Crippen LogP contribution in [0.1, 0.15) is 21.6 Å². The van der Waals surface area contributed by atoms with Gasteiger partial charge in [0.05, 0.1) is 17.2 Å². The van der Waals surface area contributed by atoms with Gasteiger partial charge in [0.1, 0.15) is 5.82 Å². The quantitative estimate of drug-likeness (QED) is 0.481. The zero-order valence-electron chi connectivity index (χ0n) is 13.4. The van der Waals surface area contributed by atoms with E-state index >= 15 is 0 Å². The first-order valence-electron chi connectivity index (χ1n) is 7.58. The summed E-state index contributed by atoms with van der Waals surface area (Å²) in [4.78, 5) is 12.2. The number of amides is 1. The highest BCUT2D eigenvalue weighted by Crippen LogP contribution is 2.17. The molecule has 5 nitrogen and oxygen atoms in total. The van der Waals surface area contributed by atoms with Gasteiger partial charge >= 0.3 is 0 Å². The fraction of sp³-hybridized carbons (Fsp3) is 0.0556. The molecule has 8 heteroatoms. The van der Waals surface area contributed by atoms with Crippen molar-refractivity contribution in [3.8, 4) is 0 Å². The Bertz CT molecular complexity index is 956. The van der Waals surface area contributed by atoms with Crippen LogP contribution in [0.5, 0.6) is 0 Å². The Morgan fingerprint density at radius 1 is 1.27 bits per heavy atom. The Kier molecular flexibility index (Phi) is 5.80. The first kappa shape index (κ1) is 18.3. The number of carbonyl (C=O) groups excluding carboxylic acids is 1. The van der Waals surface area contributed by atoms with E-state index in [-0.39, 0.29) is 11.3 Å². The van der Waals surface area contributed by atoms with E-state index in [4.69, 9.17) is 11.6 Å². The van der Waals surface area contributed by atoms with Crippen LogP contribution in [0.4, 0.5) is 4.39 Å². The Balaban J connectivity index is 1.67. The molecule has 0 aliphatic carbocycles. The fourth-order valence-electron chi connectivity index (χ4n) is 2.20. The molecule has 0 saturated carbocycles. The van der Waals surface area contributed by atoms with Crippen LogP contribution in [0, 0.1) is 5.82 Å². The lowest BCUT2D eigenvalue weighted by molar-refractivity contribution is 0.0948. The molecule has 0 aliphatic rings. The third-order valence-electron chi connectivity index (χ3n) is 3.46. The fourth-order valence-corrected chi connectivity index (χ4v) is 2.82. The van der Waals surface area contributed by atoms with E-state index in [2.05, 4.69) is 31.6 Å². The van der Waals surface area contributed by atoms with E-state index < -0.39 is 11.7 Å². The van der Waals surface area contributed by atoms with Gasteiger partial charge in [-0.2, -0.15) is 10.2 Å². The molecule has 1 N–H and O–H groups in total. The topological polar surface area (TPSA) is 59.3 Å². The second-order valence-electron chi connectivity index (χ2n) is 5.37. The number of hydrogen-bond acceptors (Lipinski definition) is 3. The van der Waals surface area contributed by atoms with Gasteiger partial charge < -0.3 is 0 Å². The van der Waals surface area contributed by atoms with Crippen molar-refractivity contribution >= 4 is 39.7 Å². The van der Waals surface area contributed by atoms with E-state index in [0.29, 0.717) is 16.0 Å². The molecule has 26 heavy (non-hydrogen) atoms. The van der Waals surface area contributed by atoms with Crippen molar-refractivity contribution in [3.05, 3.63) is 86.9 Å². The minimum atomic E-state index is -0.501. The molecule has 0 fully saturated rings. The second-order valence-corrected chi connectivity index (χ2v) is 6.66. The number of nitrogens with one attached hydrogen (secondary N) is 1. The second kappa shape index (κ2) is 8.25. The molecule has 0 aliphatic heterocycles. The molecule has 0 atom stereocenters. The number of hydrazone groups is 1. The minimum absolute atomic E-state index is 0.185. The average Bonchev–Trinajstić information content (AvgIpc) is 2.99. The maximum Gasteiger partial charge on any atom is 0.293 e. The molecule has 0 unspecified atom stereocenters. The molecule has 1 aromatic heterocycles. The predicted molar refractivity (Wildman–Crippen MR) is 102 cm³/mol. The summed E-state index contributed by atoms with van der Waals surface area (Å²) < 4.78 is 15.7. The van der Waals surface area contributed by atoms with Gasteiger partial charge in [0, 0.05) is 16.8 Å². The average molecular weight is 436 g/mol. The lowest BCUT2D eigenvalue weighted by Crippen LogP contribution is -2.19. The maximum absolute atomic E-state index is 13.5. The molecule has 2 aromatic carbocycles. The van der Waals surface area contributed by atoms with Gasteiger partial charge in [-0.05, 0) is 39.7 Å². The summed E-state index contributed by atoms with van der Waals surface area (Å²) in [6, 6.07) is 13.5. The van der Waals surface area contributed by atoms with Crippen LogP contribution in [-0.2, 0) is 6.54 Å². The molecular formula is C18H13BrClFN4O. The molecular weight excluding hydrogens is 423 g/mol. The van der Waals surface area contributed by atoms with E-state index in [1.54, 1.807) is 41.2 Å². The smallest absolute Gasteiger partial charge is 0.266 e. The summed E-state index contributed by atoms with van der Waals surface area (Å²) in [5.41, 5.74) is 3.80. The first-order valence-corrected chi connectivity index (χ1v) is 8.75. The summed E-state index contributed by atoms with van der Waals surface area (Å²) >= 11 is 9.18. The summed E-state index contributed by atoms with van der Waals surface area (Å²) in [5, 5.41) is 8.68. The number of benzene rings is 2. The Hall–Kier alpha value is -2.51. The SMILES string of the molecule is O=C(NN=Cc1ccccc1F)c1nn(Cc2ccc(Cl)cc2)cc1Br. The van der Waals surface area contributed by atoms with Crippen LogP contribution in [0.25, 0.3) is 0 Å². The van der Waals surface area contributed by atoms with E-state index in [1.165, 1.54) is 12.3 Å². The van der Waals surface area contributed by atoms with E-state index in [0.717, 1.165) is 5.56 Å². The highest BCUT2D eigenvalue weighted by Gasteiger charge is 2.15. The van der Waals surface area contributed by atoms with Crippen LogP contribution < -0.4 is 5.43 Å². The van der Waals surface area contributed by atoms with Crippen molar-refractivity contribution in [2.45, 2.75) is 6.54 Å². The molecule has 1 amide bonds. The standard InChI is InChI=1S/C18H13BrClFN4O/c19-15-11-25(10-12-5-7-14(20)8-6-12)24-17(15)18(26)23-22-9-13-3-1-2-4-16(13)21/h1-9,11H,10H2,(H,23,26). The number of aromatic nitrogens is 2. The monoisotopic (exact) mass is 434 g/mol. The zero-order chi connectivity index (χ0) is 18.5. The Morgan fingerprint density at radius 3 is 2.73 bits per heavy atom. The largest absolute Gasteiger partial charge is 0.293 e. The van der Waals surface area contributed by atoms with Crippen LogP contribution in [-0.4, -0.2) is 21.9 Å². The van der Waals surface area contributed by atoms with Gasteiger partial charge in [-0.15, -0.1) is 0 Å². The predicted octanol–water partition coefficient (Wildman–Crippen LogP) is 4.25. The normalized spacial score (nSPS) is 11.0. The maximum atomic E-state index is 13.5. The van der Waals surface area contributed by atoms with E-state index in [1.807, 2.05) is 12.1 Å². The molecule has 132 valence electrons. The molecule has 3 rings (SSSR count). The van der Waals surface area contributed by atoms with Crippen LogP contribution in [0.15, 0.2) is 64.3 Å². The van der Waals surface area contributed by atoms with Crippen LogP contribution in [0.3, 0.4) is 0 Å². The molecule has 0 radical (unpaired) electrons. The molecule has 0 bridgehead atoms. The van der Waals surface area contributed by atoms with Crippen LogP contribution in [0.2, 0.25) is 5.02 Å². The summed E-state index contributed by atoms with van der Waals surface area (Å²) in [6.45, 7) is 0.488. The van der Waals surface area contributed by atoms with Crippen molar-refractivity contribution in [2.24, 2.45) is 5.10 Å². The Labute approximate surface area is 162 Å². The third kappa shape index (κ3) is 4.56. The molecule has 3 aromatic rings. The summed E-state index contributed by atoms with van der Waals surface area (Å²) in [6.07, 6.45) is 2.94. The van der Waals surface area contributed by atoms with Crippen molar-refractivity contribution in [3.63, 3.8) is 0 Å². The lowest BCUT2D eigenvalue weighted by atomic mass is 10.2. The van der Waals surface area contributed by atoms with Crippen molar-refractivity contribution < 1.29 is 9.18 Å². The number of rotatable bonds is 5. The first-order chi connectivity index (χ1) is 12.5. The number of halogens is 3. The van der Waals surface area contributed by atoms with Crippen molar-refractivity contribution in [1.82, 2.24) is 15.2 Å². The van der Waals surface area contributed by atoms with Crippen LogP contribution >= 0.6 is 27.5 Å². The molecule has 0 saturated heterocycles. The number of hydrogen-bond donors (Lipinski definition) is 1. The summed E-state index contributed by atoms with van der Waals surface area (Å²) in [5.74, 6) is -0.918. The van der Waals surface area contributed by atoms with Gasteiger partial charge in [-0.3, -0.25) is 9.48 Å². The highest BCUT2D eigenvalue weighted by molar-refractivity contribution is 9.10. The van der Waals surface area contributed by atoms with Gasteiger partial charge in [-0.1, -0.05) is 41.9 Å². The van der Waals surface area contributed by atoms with Crippen molar-refractivity contribution in [1.29, 1.82) is 0 Å². The minimum Gasteiger partial charge on any atom is -0.266 e. The van der Waals surface area contributed by atoms with Crippen molar-refractivity contribution in [2.75, 3.05) is 0 Å². The summed E-state index contributed by atoms with van der Waals surface area (Å²) in [7, 11) is 0. The van der Waals surface area contributed by atoms with Gasteiger partial charge in [0.2, 0.25) is 0 Å². The number of nitrogens with zero attached hydrogens (tertiary/aromatic N) is 3. The highest BCUT2D eigenvalue weighted by atomic mass is 79.9. The van der Waals surface area contributed by atoms with Gasteiger partial charge in [-0.25, -0.2) is 9.82 Å². The third-order valence-corrected chi connectivity index (χ3v) is 4.30. The lowest BCUT2D eigenvalue weighted by Gasteiger charge is -2.02. The zero-order valence-corrected chi connectivity index (χ0v) is 15.7. The van der Waals surface area contributed by atoms with E-state index in [9.17, 15) is 9.18 Å².